The van der Waals surface area contributed by atoms with Crippen LogP contribution in [-0.2, 0) is 0 Å². The third kappa shape index (κ3) is 5.69. The Bertz CT molecular complexity index is 1060. The van der Waals surface area contributed by atoms with E-state index in [0.717, 1.165) is 31.9 Å². The molecule has 1 atom stereocenters. The molecule has 1 heterocycles. The van der Waals surface area contributed by atoms with Crippen LogP contribution in [0.1, 0.15) is 22.0 Å². The van der Waals surface area contributed by atoms with Crippen LogP contribution in [0.4, 0.5) is 11.4 Å². The van der Waals surface area contributed by atoms with Gasteiger partial charge in [-0.2, -0.15) is 0 Å². The molecule has 0 bridgehead atoms. The SMILES string of the molecule is COc1cccc(C(=O)NC[C@H](c2ccc(N(C)C)cc2)N2CCN(c3ccccc3)CC2)c1. The van der Waals surface area contributed by atoms with Gasteiger partial charge >= 0.3 is 0 Å². The fourth-order valence-corrected chi connectivity index (χ4v) is 4.44. The zero-order valence-electron chi connectivity index (χ0n) is 20.3. The number of nitrogens with one attached hydrogen (secondary N) is 1. The molecule has 1 N–H and O–H groups in total. The van der Waals surface area contributed by atoms with Crippen LogP contribution in [0.3, 0.4) is 0 Å². The van der Waals surface area contributed by atoms with E-state index in [1.165, 1.54) is 11.3 Å². The van der Waals surface area contributed by atoms with Gasteiger partial charge in [-0.15, -0.1) is 0 Å². The quantitative estimate of drug-likeness (QED) is 0.552. The number of carbonyl (C=O) groups excluding carboxylic acids is 1. The van der Waals surface area contributed by atoms with Crippen molar-refractivity contribution in [3.8, 4) is 5.75 Å². The first-order valence-corrected chi connectivity index (χ1v) is 11.8. The number of anilines is 2. The number of amides is 1. The minimum Gasteiger partial charge on any atom is -0.497 e. The second-order valence-corrected chi connectivity index (χ2v) is 8.80. The van der Waals surface area contributed by atoms with Crippen LogP contribution in [0.25, 0.3) is 0 Å². The van der Waals surface area contributed by atoms with Gasteiger partial charge < -0.3 is 19.9 Å². The van der Waals surface area contributed by atoms with E-state index in [4.69, 9.17) is 4.74 Å². The van der Waals surface area contributed by atoms with Gasteiger partial charge in [0.2, 0.25) is 0 Å². The van der Waals surface area contributed by atoms with Crippen LogP contribution in [0.2, 0.25) is 0 Å². The van der Waals surface area contributed by atoms with Crippen molar-refractivity contribution in [3.05, 3.63) is 90.0 Å². The monoisotopic (exact) mass is 458 g/mol. The van der Waals surface area contributed by atoms with Gasteiger partial charge in [0.05, 0.1) is 13.2 Å². The van der Waals surface area contributed by atoms with Gasteiger partial charge in [0.25, 0.3) is 5.91 Å². The topological polar surface area (TPSA) is 48.1 Å². The van der Waals surface area contributed by atoms with Crippen LogP contribution < -0.4 is 19.9 Å². The van der Waals surface area contributed by atoms with Crippen LogP contribution in [-0.4, -0.2) is 64.7 Å². The Hall–Kier alpha value is -3.51. The number of benzene rings is 3. The number of hydrogen-bond acceptors (Lipinski definition) is 5. The van der Waals surface area contributed by atoms with Crippen LogP contribution in [0.5, 0.6) is 5.75 Å². The fraction of sp³-hybridized carbons (Fsp3) is 0.321. The summed E-state index contributed by atoms with van der Waals surface area (Å²) in [5, 5.41) is 3.17. The van der Waals surface area contributed by atoms with Gasteiger partial charge in [0.1, 0.15) is 5.75 Å². The molecular formula is C28H34N4O2. The van der Waals surface area contributed by atoms with E-state index in [-0.39, 0.29) is 11.9 Å². The van der Waals surface area contributed by atoms with E-state index in [1.807, 2.05) is 32.3 Å². The first-order chi connectivity index (χ1) is 16.5. The summed E-state index contributed by atoms with van der Waals surface area (Å²) >= 11 is 0. The molecule has 1 saturated heterocycles. The number of nitrogens with zero attached hydrogens (tertiary/aromatic N) is 3. The molecule has 1 fully saturated rings. The summed E-state index contributed by atoms with van der Waals surface area (Å²) in [6, 6.07) is 26.6. The van der Waals surface area contributed by atoms with Crippen molar-refractivity contribution in [1.82, 2.24) is 10.2 Å². The Labute approximate surface area is 202 Å². The highest BCUT2D eigenvalue weighted by Gasteiger charge is 2.26. The largest absolute Gasteiger partial charge is 0.497 e. The Morgan fingerprint density at radius 3 is 2.29 bits per heavy atom. The molecule has 0 aromatic heterocycles. The molecule has 0 spiro atoms. The van der Waals surface area contributed by atoms with Crippen molar-refractivity contribution >= 4 is 17.3 Å². The van der Waals surface area contributed by atoms with Crippen molar-refractivity contribution in [2.24, 2.45) is 0 Å². The predicted octanol–water partition coefficient (Wildman–Crippen LogP) is 4.05. The number of hydrogen-bond donors (Lipinski definition) is 1. The highest BCUT2D eigenvalue weighted by atomic mass is 16.5. The van der Waals surface area contributed by atoms with Gasteiger partial charge in [-0.25, -0.2) is 0 Å². The molecule has 178 valence electrons. The summed E-state index contributed by atoms with van der Waals surface area (Å²) in [7, 11) is 5.70. The van der Waals surface area contributed by atoms with Gasteiger partial charge in [-0.05, 0) is 48.0 Å². The van der Waals surface area contributed by atoms with Crippen LogP contribution in [0.15, 0.2) is 78.9 Å². The number of carbonyl (C=O) groups is 1. The Balaban J connectivity index is 1.48. The molecule has 0 radical (unpaired) electrons. The average molecular weight is 459 g/mol. The summed E-state index contributed by atoms with van der Waals surface area (Å²) in [4.78, 5) is 19.9. The predicted molar refractivity (Wildman–Crippen MR) is 139 cm³/mol. The molecule has 0 aliphatic carbocycles. The van der Waals surface area contributed by atoms with E-state index in [1.54, 1.807) is 13.2 Å². The van der Waals surface area contributed by atoms with Crippen molar-refractivity contribution in [2.45, 2.75) is 6.04 Å². The zero-order valence-corrected chi connectivity index (χ0v) is 20.3. The third-order valence-electron chi connectivity index (χ3n) is 6.46. The molecule has 3 aromatic carbocycles. The summed E-state index contributed by atoms with van der Waals surface area (Å²) in [6.07, 6.45) is 0. The highest BCUT2D eigenvalue weighted by molar-refractivity contribution is 5.94. The molecule has 1 aliphatic rings. The molecule has 3 aromatic rings. The van der Waals surface area contributed by atoms with Gasteiger partial charge in [-0.1, -0.05) is 36.4 Å². The molecule has 4 rings (SSSR count). The number of para-hydroxylation sites is 1. The van der Waals surface area contributed by atoms with Crippen molar-refractivity contribution in [3.63, 3.8) is 0 Å². The van der Waals surface area contributed by atoms with E-state index in [0.29, 0.717) is 17.9 Å². The standard InChI is InChI=1S/C28H34N4O2/c1-30(2)24-14-12-22(13-15-24)27(21-29-28(33)23-8-7-11-26(20-23)34-3)32-18-16-31(17-19-32)25-9-5-4-6-10-25/h4-15,20,27H,16-19,21H2,1-3H3,(H,29,33)/t27-/m1/s1. The zero-order chi connectivity index (χ0) is 23.9. The first kappa shape index (κ1) is 23.6. The van der Waals surface area contributed by atoms with Crippen molar-refractivity contribution in [1.29, 1.82) is 0 Å². The minimum absolute atomic E-state index is 0.0864. The normalized spacial score (nSPS) is 15.0. The maximum Gasteiger partial charge on any atom is 0.251 e. The minimum atomic E-state index is -0.0864. The highest BCUT2D eigenvalue weighted by Crippen LogP contribution is 2.26. The van der Waals surface area contributed by atoms with E-state index >= 15 is 0 Å². The number of methoxy groups -OCH3 is 1. The van der Waals surface area contributed by atoms with Gasteiger partial charge in [0.15, 0.2) is 0 Å². The Morgan fingerprint density at radius 1 is 0.941 bits per heavy atom. The van der Waals surface area contributed by atoms with Gasteiger partial charge in [-0.3, -0.25) is 9.69 Å². The lowest BCUT2D eigenvalue weighted by atomic mass is 10.0. The number of ether oxygens (including phenoxy) is 1. The average Bonchev–Trinajstić information content (AvgIpc) is 2.90. The summed E-state index contributed by atoms with van der Waals surface area (Å²) in [6.45, 7) is 4.33. The second kappa shape index (κ2) is 11.1. The number of rotatable bonds is 8. The van der Waals surface area contributed by atoms with E-state index in [9.17, 15) is 4.79 Å². The fourth-order valence-electron chi connectivity index (χ4n) is 4.44. The van der Waals surface area contributed by atoms with Crippen molar-refractivity contribution < 1.29 is 9.53 Å². The molecule has 0 saturated carbocycles. The Morgan fingerprint density at radius 2 is 1.65 bits per heavy atom. The first-order valence-electron chi connectivity index (χ1n) is 11.8. The second-order valence-electron chi connectivity index (χ2n) is 8.80. The third-order valence-corrected chi connectivity index (χ3v) is 6.46. The molecule has 0 unspecified atom stereocenters. The van der Waals surface area contributed by atoms with Crippen molar-refractivity contribution in [2.75, 3.05) is 63.7 Å². The lowest BCUT2D eigenvalue weighted by molar-refractivity contribution is 0.0930. The molecule has 6 heteroatoms. The summed E-state index contributed by atoms with van der Waals surface area (Å²) < 4.78 is 5.28. The number of piperazine rings is 1. The Kier molecular flexibility index (Phi) is 7.70. The summed E-state index contributed by atoms with van der Waals surface area (Å²) in [5.74, 6) is 0.595. The van der Waals surface area contributed by atoms with Gasteiger partial charge in [0, 0.05) is 63.8 Å². The molecule has 6 nitrogen and oxygen atoms in total. The molecule has 1 amide bonds. The summed E-state index contributed by atoms with van der Waals surface area (Å²) in [5.41, 5.74) is 4.25. The lowest BCUT2D eigenvalue weighted by Gasteiger charge is -2.40. The molecule has 34 heavy (non-hydrogen) atoms. The maximum absolute atomic E-state index is 12.9. The van der Waals surface area contributed by atoms with Crippen LogP contribution in [0, 0.1) is 0 Å². The lowest BCUT2D eigenvalue weighted by Crippen LogP contribution is -2.50. The molecular weight excluding hydrogens is 424 g/mol. The molecule has 1 aliphatic heterocycles. The maximum atomic E-state index is 12.9. The van der Waals surface area contributed by atoms with E-state index in [2.05, 4.69) is 74.6 Å². The van der Waals surface area contributed by atoms with E-state index < -0.39 is 0 Å². The smallest absolute Gasteiger partial charge is 0.251 e. The van der Waals surface area contributed by atoms with Crippen LogP contribution >= 0.6 is 0 Å².